The number of nitrogens with zero attached hydrogens (tertiary/aromatic N) is 2. The standard InChI is InChI=1S/C5H9N2O2PS/c1-6(2)10(11)7-3-4-9-5(7)8/h3-4,10H,1-2H3. The minimum atomic E-state index is -1.34. The summed E-state index contributed by atoms with van der Waals surface area (Å²) in [6.07, 6.45) is 2.92. The highest BCUT2D eigenvalue weighted by Gasteiger charge is 2.03. The topological polar surface area (TPSA) is 38.4 Å². The molecular weight excluding hydrogens is 183 g/mol. The zero-order valence-electron chi connectivity index (χ0n) is 6.27. The van der Waals surface area contributed by atoms with Gasteiger partial charge in [0.1, 0.15) is 6.26 Å². The van der Waals surface area contributed by atoms with Gasteiger partial charge in [-0.15, -0.1) is 0 Å². The molecule has 62 valence electrons. The number of oxazole rings is 1. The van der Waals surface area contributed by atoms with Crippen molar-refractivity contribution in [2.45, 2.75) is 0 Å². The Kier molecular flexibility index (Phi) is 2.65. The van der Waals surface area contributed by atoms with E-state index in [4.69, 9.17) is 11.8 Å². The van der Waals surface area contributed by atoms with Crippen LogP contribution >= 0.6 is 7.00 Å². The van der Waals surface area contributed by atoms with Crippen LogP contribution in [0.2, 0.25) is 0 Å². The Labute approximate surface area is 70.0 Å². The average Bonchev–Trinajstić information content (AvgIpc) is 2.33. The van der Waals surface area contributed by atoms with Gasteiger partial charge in [-0.1, -0.05) is 11.8 Å². The highest BCUT2D eigenvalue weighted by atomic mass is 32.4. The van der Waals surface area contributed by atoms with E-state index in [1.165, 1.54) is 10.6 Å². The Morgan fingerprint density at radius 1 is 1.73 bits per heavy atom. The lowest BCUT2D eigenvalue weighted by molar-refractivity contribution is 0.508. The summed E-state index contributed by atoms with van der Waals surface area (Å²) in [6, 6.07) is 0. The lowest BCUT2D eigenvalue weighted by Gasteiger charge is -2.11. The predicted octanol–water partition coefficient (Wildman–Crippen LogP) is 0.357. The first-order valence-corrected chi connectivity index (χ1v) is 5.53. The van der Waals surface area contributed by atoms with Gasteiger partial charge >= 0.3 is 5.76 Å². The summed E-state index contributed by atoms with van der Waals surface area (Å²) in [7, 11) is 3.70. The fourth-order valence-electron chi connectivity index (χ4n) is 0.624. The van der Waals surface area contributed by atoms with E-state index < -0.39 is 7.00 Å². The maximum atomic E-state index is 10.9. The third-order valence-electron chi connectivity index (χ3n) is 1.16. The van der Waals surface area contributed by atoms with Crippen molar-refractivity contribution in [2.75, 3.05) is 14.1 Å². The van der Waals surface area contributed by atoms with Crippen LogP contribution in [-0.2, 0) is 11.8 Å². The van der Waals surface area contributed by atoms with Gasteiger partial charge in [-0.25, -0.2) is 9.13 Å². The summed E-state index contributed by atoms with van der Waals surface area (Å²) in [5, 5.41) is 0. The van der Waals surface area contributed by atoms with Crippen molar-refractivity contribution in [3.05, 3.63) is 23.0 Å². The summed E-state index contributed by atoms with van der Waals surface area (Å²) in [5.74, 6) is -0.373. The van der Waals surface area contributed by atoms with Gasteiger partial charge in [0, 0.05) is 0 Å². The molecule has 1 aromatic rings. The molecule has 0 amide bonds. The minimum absolute atomic E-state index is 0.373. The Bertz CT molecular complexity index is 316. The van der Waals surface area contributed by atoms with Crippen LogP contribution in [0.5, 0.6) is 0 Å². The van der Waals surface area contributed by atoms with Gasteiger partial charge in [0.05, 0.1) is 13.2 Å². The fourth-order valence-corrected chi connectivity index (χ4v) is 1.86. The second-order valence-corrected chi connectivity index (χ2v) is 5.25. The molecule has 4 nitrogen and oxygen atoms in total. The molecule has 11 heavy (non-hydrogen) atoms. The highest BCUT2D eigenvalue weighted by molar-refractivity contribution is 8.03. The van der Waals surface area contributed by atoms with E-state index in [0.717, 1.165) is 0 Å². The molecule has 0 radical (unpaired) electrons. The lowest BCUT2D eigenvalue weighted by atomic mass is 11.0. The fraction of sp³-hybridized carbons (Fsp3) is 0.400. The van der Waals surface area contributed by atoms with Gasteiger partial charge in [-0.3, -0.25) is 4.67 Å². The third-order valence-corrected chi connectivity index (χ3v) is 4.36. The van der Waals surface area contributed by atoms with Crippen LogP contribution in [0, 0.1) is 0 Å². The summed E-state index contributed by atoms with van der Waals surface area (Å²) in [6.45, 7) is -1.34. The maximum Gasteiger partial charge on any atom is 0.423 e. The molecule has 0 aliphatic heterocycles. The van der Waals surface area contributed by atoms with E-state index in [-0.39, 0.29) is 5.76 Å². The minimum Gasteiger partial charge on any atom is -0.416 e. The second-order valence-electron chi connectivity index (χ2n) is 2.22. The SMILES string of the molecule is CN(C)[PH](=S)n1ccoc1=O. The normalized spacial score (nSPS) is 13.7. The molecule has 0 spiro atoms. The number of rotatable bonds is 2. The zero-order valence-corrected chi connectivity index (χ0v) is 8.09. The van der Waals surface area contributed by atoms with Gasteiger partial charge in [0.25, 0.3) is 0 Å². The Morgan fingerprint density at radius 2 is 2.36 bits per heavy atom. The highest BCUT2D eigenvalue weighted by Crippen LogP contribution is 2.22. The molecule has 0 aliphatic carbocycles. The van der Waals surface area contributed by atoms with E-state index in [1.807, 2.05) is 18.8 Å². The first kappa shape index (κ1) is 8.71. The first-order valence-electron chi connectivity index (χ1n) is 3.00. The van der Waals surface area contributed by atoms with Crippen LogP contribution in [0.4, 0.5) is 0 Å². The summed E-state index contributed by atoms with van der Waals surface area (Å²) in [5.41, 5.74) is 0. The average molecular weight is 192 g/mol. The molecule has 0 saturated heterocycles. The summed E-state index contributed by atoms with van der Waals surface area (Å²) >= 11 is 5.10. The van der Waals surface area contributed by atoms with Crippen molar-refractivity contribution in [3.63, 3.8) is 0 Å². The molecule has 1 rings (SSSR count). The number of hydrogen-bond donors (Lipinski definition) is 0. The van der Waals surface area contributed by atoms with Gasteiger partial charge in [0.15, 0.2) is 0 Å². The van der Waals surface area contributed by atoms with E-state index in [1.54, 1.807) is 6.20 Å². The maximum absolute atomic E-state index is 10.9. The van der Waals surface area contributed by atoms with Crippen molar-refractivity contribution in [3.8, 4) is 0 Å². The lowest BCUT2D eigenvalue weighted by Crippen LogP contribution is -2.13. The van der Waals surface area contributed by atoms with E-state index in [2.05, 4.69) is 4.42 Å². The molecule has 0 bridgehead atoms. The largest absolute Gasteiger partial charge is 0.423 e. The van der Waals surface area contributed by atoms with Crippen LogP contribution < -0.4 is 5.76 Å². The number of hydrogen-bond acceptors (Lipinski definition) is 3. The third kappa shape index (κ3) is 1.80. The summed E-state index contributed by atoms with van der Waals surface area (Å²) < 4.78 is 7.86. The summed E-state index contributed by atoms with van der Waals surface area (Å²) in [4.78, 5) is 10.9. The quantitative estimate of drug-likeness (QED) is 0.634. The molecule has 0 fully saturated rings. The Balaban J connectivity index is 3.03. The molecule has 0 aliphatic rings. The van der Waals surface area contributed by atoms with E-state index in [0.29, 0.717) is 0 Å². The molecule has 1 unspecified atom stereocenters. The molecule has 6 heteroatoms. The van der Waals surface area contributed by atoms with Gasteiger partial charge in [0.2, 0.25) is 0 Å². The molecule has 1 atom stereocenters. The monoisotopic (exact) mass is 192 g/mol. The molecule has 1 aromatic heterocycles. The van der Waals surface area contributed by atoms with Crippen molar-refractivity contribution in [2.24, 2.45) is 0 Å². The Hall–Kier alpha value is -0.380. The van der Waals surface area contributed by atoms with Crippen LogP contribution in [0.15, 0.2) is 21.7 Å². The van der Waals surface area contributed by atoms with Gasteiger partial charge in [-0.05, 0) is 14.1 Å². The number of aromatic nitrogens is 1. The van der Waals surface area contributed by atoms with E-state index >= 15 is 0 Å². The Morgan fingerprint density at radius 3 is 2.73 bits per heavy atom. The molecule has 0 N–H and O–H groups in total. The van der Waals surface area contributed by atoms with Gasteiger partial charge < -0.3 is 4.42 Å². The van der Waals surface area contributed by atoms with E-state index in [9.17, 15) is 4.79 Å². The van der Waals surface area contributed by atoms with Crippen molar-refractivity contribution >= 4 is 18.8 Å². The molecule has 0 aromatic carbocycles. The van der Waals surface area contributed by atoms with Crippen LogP contribution in [0.1, 0.15) is 0 Å². The van der Waals surface area contributed by atoms with Gasteiger partial charge in [-0.2, -0.15) is 0 Å². The van der Waals surface area contributed by atoms with Crippen LogP contribution in [0.25, 0.3) is 0 Å². The molecule has 0 saturated carbocycles. The molecule has 1 heterocycles. The smallest absolute Gasteiger partial charge is 0.416 e. The van der Waals surface area contributed by atoms with Crippen molar-refractivity contribution in [1.29, 1.82) is 0 Å². The van der Waals surface area contributed by atoms with Crippen LogP contribution in [-0.4, -0.2) is 23.1 Å². The van der Waals surface area contributed by atoms with Crippen molar-refractivity contribution in [1.82, 2.24) is 9.01 Å². The van der Waals surface area contributed by atoms with Crippen molar-refractivity contribution < 1.29 is 4.42 Å². The predicted molar refractivity (Wildman–Crippen MR) is 47.7 cm³/mol. The molecular formula is C5H9N2O2PS. The second kappa shape index (κ2) is 3.34. The zero-order chi connectivity index (χ0) is 8.43. The first-order chi connectivity index (χ1) is 5.13. The van der Waals surface area contributed by atoms with Crippen LogP contribution in [0.3, 0.4) is 0 Å².